The van der Waals surface area contributed by atoms with Crippen LogP contribution in [0.5, 0.6) is 0 Å². The van der Waals surface area contributed by atoms with Crippen LogP contribution in [-0.2, 0) is 4.79 Å². The lowest BCUT2D eigenvalue weighted by Gasteiger charge is -2.30. The molecule has 28 heavy (non-hydrogen) atoms. The number of hydrogen-bond acceptors (Lipinski definition) is 4. The highest BCUT2D eigenvalue weighted by atomic mass is 32.2. The van der Waals surface area contributed by atoms with Crippen LogP contribution in [0.1, 0.15) is 27.7 Å². The molecule has 1 amide bonds. The van der Waals surface area contributed by atoms with Gasteiger partial charge < -0.3 is 4.90 Å². The second-order valence-corrected chi connectivity index (χ2v) is 8.39. The lowest BCUT2D eigenvalue weighted by Crippen LogP contribution is -2.43. The van der Waals surface area contributed by atoms with Gasteiger partial charge in [0.1, 0.15) is 5.65 Å². The first-order valence-electron chi connectivity index (χ1n) is 9.57. The summed E-state index contributed by atoms with van der Waals surface area (Å²) in [5.41, 5.74) is 3.71. The predicted molar refractivity (Wildman–Crippen MR) is 116 cm³/mol. The van der Waals surface area contributed by atoms with Crippen molar-refractivity contribution < 1.29 is 4.79 Å². The van der Waals surface area contributed by atoms with Crippen molar-refractivity contribution in [1.82, 2.24) is 19.3 Å². The van der Waals surface area contributed by atoms with Crippen molar-refractivity contribution in [2.24, 2.45) is 0 Å². The Morgan fingerprint density at radius 1 is 0.964 bits per heavy atom. The number of imidazole rings is 1. The summed E-state index contributed by atoms with van der Waals surface area (Å²) < 4.78 is 2.07. The Kier molecular flexibility index (Phi) is 4.98. The van der Waals surface area contributed by atoms with E-state index in [4.69, 9.17) is 9.97 Å². The van der Waals surface area contributed by atoms with E-state index in [2.05, 4.69) is 32.1 Å². The summed E-state index contributed by atoms with van der Waals surface area (Å²) >= 11 is 1.48. The van der Waals surface area contributed by atoms with E-state index in [1.807, 2.05) is 53.4 Å². The zero-order valence-electron chi connectivity index (χ0n) is 16.6. The van der Waals surface area contributed by atoms with Crippen molar-refractivity contribution in [3.05, 3.63) is 48.5 Å². The number of nitrogens with zero attached hydrogens (tertiary/aromatic N) is 4. The highest BCUT2D eigenvalue weighted by Crippen LogP contribution is 2.29. The van der Waals surface area contributed by atoms with E-state index in [-0.39, 0.29) is 18.0 Å². The number of hydrogen-bond donors (Lipinski definition) is 0. The molecule has 0 N–H and O–H groups in total. The number of aromatic nitrogens is 3. The smallest absolute Gasteiger partial charge is 0.233 e. The van der Waals surface area contributed by atoms with Crippen LogP contribution in [-0.4, -0.2) is 43.0 Å². The van der Waals surface area contributed by atoms with Crippen LogP contribution in [0.25, 0.3) is 27.6 Å². The van der Waals surface area contributed by atoms with Gasteiger partial charge in [-0.1, -0.05) is 36.0 Å². The first-order valence-corrected chi connectivity index (χ1v) is 10.6. The molecular formula is C22H24N4OS. The minimum Gasteiger partial charge on any atom is -0.337 e. The Morgan fingerprint density at radius 2 is 1.61 bits per heavy atom. The van der Waals surface area contributed by atoms with Crippen molar-refractivity contribution in [1.29, 1.82) is 0 Å². The molecule has 2 heterocycles. The normalized spacial score (nSPS) is 11.9. The molecule has 0 spiro atoms. The van der Waals surface area contributed by atoms with E-state index in [9.17, 15) is 4.79 Å². The third kappa shape index (κ3) is 3.22. The molecule has 2 aromatic heterocycles. The van der Waals surface area contributed by atoms with E-state index in [0.717, 1.165) is 32.7 Å². The summed E-state index contributed by atoms with van der Waals surface area (Å²) in [6.45, 7) is 8.22. The molecule has 0 saturated heterocycles. The van der Waals surface area contributed by atoms with Gasteiger partial charge in [0.05, 0.1) is 22.3 Å². The number of carbonyl (C=O) groups excluding carboxylic acids is 1. The average molecular weight is 393 g/mol. The monoisotopic (exact) mass is 392 g/mol. The van der Waals surface area contributed by atoms with Gasteiger partial charge in [-0.2, -0.15) is 0 Å². The van der Waals surface area contributed by atoms with Crippen molar-refractivity contribution in [3.8, 4) is 0 Å². The largest absolute Gasteiger partial charge is 0.337 e. The van der Waals surface area contributed by atoms with E-state index in [1.54, 1.807) is 0 Å². The van der Waals surface area contributed by atoms with Gasteiger partial charge in [0.15, 0.2) is 5.16 Å². The molecule has 0 saturated carbocycles. The molecule has 0 bridgehead atoms. The molecule has 0 aliphatic heterocycles. The third-order valence-electron chi connectivity index (χ3n) is 4.84. The van der Waals surface area contributed by atoms with Crippen molar-refractivity contribution in [2.45, 2.75) is 44.9 Å². The number of rotatable bonds is 5. The van der Waals surface area contributed by atoms with E-state index in [0.29, 0.717) is 5.75 Å². The van der Waals surface area contributed by atoms with Crippen molar-refractivity contribution >= 4 is 45.3 Å². The number of amides is 1. The molecular weight excluding hydrogens is 368 g/mol. The second kappa shape index (κ2) is 7.43. The van der Waals surface area contributed by atoms with Gasteiger partial charge in [-0.3, -0.25) is 9.20 Å². The van der Waals surface area contributed by atoms with Gasteiger partial charge in [-0.25, -0.2) is 9.97 Å². The Hall–Kier alpha value is -2.60. The van der Waals surface area contributed by atoms with Gasteiger partial charge in [0.2, 0.25) is 5.91 Å². The van der Waals surface area contributed by atoms with Gasteiger partial charge >= 0.3 is 0 Å². The number of fused-ring (bicyclic) bond motifs is 5. The molecule has 144 valence electrons. The lowest BCUT2D eigenvalue weighted by atomic mass is 10.2. The van der Waals surface area contributed by atoms with Gasteiger partial charge in [-0.15, -0.1) is 0 Å². The summed E-state index contributed by atoms with van der Waals surface area (Å²) in [4.78, 5) is 24.5. The molecule has 0 radical (unpaired) electrons. The number of para-hydroxylation sites is 3. The first-order chi connectivity index (χ1) is 13.5. The maximum Gasteiger partial charge on any atom is 0.233 e. The molecule has 0 unspecified atom stereocenters. The summed E-state index contributed by atoms with van der Waals surface area (Å²) in [6, 6.07) is 16.4. The van der Waals surface area contributed by atoms with Crippen LogP contribution in [0, 0.1) is 0 Å². The Bertz CT molecular complexity index is 1160. The zero-order chi connectivity index (χ0) is 19.8. The molecule has 4 rings (SSSR count). The minimum atomic E-state index is 0.127. The Morgan fingerprint density at radius 3 is 2.32 bits per heavy atom. The van der Waals surface area contributed by atoms with E-state index < -0.39 is 0 Å². The van der Waals surface area contributed by atoms with Gasteiger partial charge in [0, 0.05) is 17.5 Å². The van der Waals surface area contributed by atoms with Crippen LogP contribution >= 0.6 is 11.8 Å². The quantitative estimate of drug-likeness (QED) is 0.362. The Labute approximate surface area is 168 Å². The molecule has 6 heteroatoms. The fraction of sp³-hybridized carbons (Fsp3) is 0.318. The molecule has 5 nitrogen and oxygen atoms in total. The van der Waals surface area contributed by atoms with Crippen LogP contribution < -0.4 is 0 Å². The zero-order valence-corrected chi connectivity index (χ0v) is 17.4. The second-order valence-electron chi connectivity index (χ2n) is 7.45. The lowest BCUT2D eigenvalue weighted by molar-refractivity contribution is -0.131. The first kappa shape index (κ1) is 18.7. The van der Waals surface area contributed by atoms with Gasteiger partial charge in [-0.05, 0) is 52.0 Å². The van der Waals surface area contributed by atoms with Gasteiger partial charge in [0.25, 0.3) is 0 Å². The maximum absolute atomic E-state index is 12.9. The maximum atomic E-state index is 12.9. The van der Waals surface area contributed by atoms with E-state index >= 15 is 0 Å². The summed E-state index contributed by atoms with van der Waals surface area (Å²) in [5, 5.41) is 1.81. The molecule has 0 aliphatic carbocycles. The molecule has 2 aromatic carbocycles. The fourth-order valence-electron chi connectivity index (χ4n) is 3.78. The molecule has 0 fully saturated rings. The van der Waals surface area contributed by atoms with Crippen LogP contribution in [0.3, 0.4) is 0 Å². The predicted octanol–water partition coefficient (Wildman–Crippen LogP) is 4.77. The number of carbonyl (C=O) groups is 1. The van der Waals surface area contributed by atoms with Crippen LogP contribution in [0.4, 0.5) is 0 Å². The summed E-state index contributed by atoms with van der Waals surface area (Å²) in [6.07, 6.45) is 0. The fourth-order valence-corrected chi connectivity index (χ4v) is 4.66. The SMILES string of the molecule is CC(C)N(C(=O)CSc1nc2ccccc2c2nc3ccccc3n12)C(C)C. The Balaban J connectivity index is 1.80. The van der Waals surface area contributed by atoms with E-state index in [1.165, 1.54) is 11.8 Å². The standard InChI is InChI=1S/C22H24N4OS/c1-14(2)25(15(3)4)20(27)13-28-22-24-17-10-6-5-9-16(17)21-23-18-11-7-8-12-19(18)26(21)22/h5-12,14-15H,13H2,1-4H3. The average Bonchev–Trinajstić information content (AvgIpc) is 3.05. The molecule has 0 aliphatic rings. The number of thioether (sulfide) groups is 1. The van der Waals surface area contributed by atoms with Crippen molar-refractivity contribution in [3.63, 3.8) is 0 Å². The summed E-state index contributed by atoms with van der Waals surface area (Å²) in [5.74, 6) is 0.478. The topological polar surface area (TPSA) is 50.5 Å². The summed E-state index contributed by atoms with van der Waals surface area (Å²) in [7, 11) is 0. The number of benzene rings is 2. The minimum absolute atomic E-state index is 0.127. The highest BCUT2D eigenvalue weighted by Gasteiger charge is 2.21. The van der Waals surface area contributed by atoms with Crippen LogP contribution in [0.2, 0.25) is 0 Å². The molecule has 0 atom stereocenters. The molecule has 4 aromatic rings. The van der Waals surface area contributed by atoms with Crippen LogP contribution in [0.15, 0.2) is 53.7 Å². The highest BCUT2D eigenvalue weighted by molar-refractivity contribution is 7.99. The van der Waals surface area contributed by atoms with Crippen molar-refractivity contribution in [2.75, 3.05) is 5.75 Å². The third-order valence-corrected chi connectivity index (χ3v) is 5.76.